The Morgan fingerprint density at radius 3 is 2.76 bits per heavy atom. The molecule has 2 aromatic carbocycles. The predicted molar refractivity (Wildman–Crippen MR) is 99.0 cm³/mol. The Hall–Kier alpha value is -3.15. The van der Waals surface area contributed by atoms with Gasteiger partial charge in [0.25, 0.3) is 0 Å². The highest BCUT2D eigenvalue weighted by molar-refractivity contribution is 5.89. The monoisotopic (exact) mass is 333 g/mol. The average Bonchev–Trinajstić information content (AvgIpc) is 3.05. The number of benzene rings is 2. The van der Waals surface area contributed by atoms with E-state index in [1.807, 2.05) is 24.3 Å². The van der Waals surface area contributed by atoms with E-state index >= 15 is 0 Å². The van der Waals surface area contributed by atoms with Crippen molar-refractivity contribution in [1.29, 1.82) is 0 Å². The molecule has 6 nitrogen and oxygen atoms in total. The number of aromatic nitrogens is 4. The zero-order valence-electron chi connectivity index (χ0n) is 14.4. The Kier molecular flexibility index (Phi) is 3.72. The van der Waals surface area contributed by atoms with Crippen LogP contribution in [-0.4, -0.2) is 27.0 Å². The molecule has 2 N–H and O–H groups in total. The van der Waals surface area contributed by atoms with Gasteiger partial charge in [0, 0.05) is 11.5 Å². The van der Waals surface area contributed by atoms with Crippen LogP contribution >= 0.6 is 0 Å². The number of H-pyrrole nitrogens is 1. The third-order valence-electron chi connectivity index (χ3n) is 4.26. The van der Waals surface area contributed by atoms with Gasteiger partial charge in [0.15, 0.2) is 0 Å². The lowest BCUT2D eigenvalue weighted by Gasteiger charge is -2.14. The first kappa shape index (κ1) is 15.4. The molecule has 0 amide bonds. The second-order valence-electron chi connectivity index (χ2n) is 6.11. The highest BCUT2D eigenvalue weighted by Gasteiger charge is 2.13. The summed E-state index contributed by atoms with van der Waals surface area (Å²) in [7, 11) is 1.66. The first-order chi connectivity index (χ1) is 12.1. The van der Waals surface area contributed by atoms with E-state index in [1.54, 1.807) is 13.4 Å². The molecule has 4 aromatic rings. The smallest absolute Gasteiger partial charge is 0.137 e. The summed E-state index contributed by atoms with van der Waals surface area (Å²) in [5.41, 5.74) is 3.96. The number of anilines is 1. The Labute approximate surface area is 145 Å². The molecule has 126 valence electrons. The summed E-state index contributed by atoms with van der Waals surface area (Å²) in [5.74, 6) is 2.46. The molecular formula is C19H19N5O. The lowest BCUT2D eigenvalue weighted by molar-refractivity contribution is 0.415. The number of methoxy groups -OCH3 is 1. The van der Waals surface area contributed by atoms with E-state index in [1.165, 1.54) is 5.56 Å². The largest absolute Gasteiger partial charge is 0.497 e. The number of fused-ring (bicyclic) bond motifs is 2. The number of imidazole rings is 1. The van der Waals surface area contributed by atoms with Crippen molar-refractivity contribution >= 4 is 27.8 Å². The van der Waals surface area contributed by atoms with Gasteiger partial charge in [-0.15, -0.1) is 0 Å². The van der Waals surface area contributed by atoms with E-state index in [2.05, 4.69) is 51.2 Å². The van der Waals surface area contributed by atoms with Crippen molar-refractivity contribution in [3.8, 4) is 5.75 Å². The SMILES string of the molecule is COc1ccc2nc([C@@H](C)Nc3ncnc4ccc(C)cc34)[nH]c2c1. The average molecular weight is 333 g/mol. The molecule has 1 atom stereocenters. The van der Waals surface area contributed by atoms with Crippen molar-refractivity contribution in [2.45, 2.75) is 19.9 Å². The summed E-state index contributed by atoms with van der Waals surface area (Å²) in [6, 6.07) is 11.9. The topological polar surface area (TPSA) is 75.7 Å². The number of hydrogen-bond donors (Lipinski definition) is 2. The number of hydrogen-bond acceptors (Lipinski definition) is 5. The molecule has 0 bridgehead atoms. The van der Waals surface area contributed by atoms with Crippen LogP contribution in [0.25, 0.3) is 21.9 Å². The molecule has 2 aromatic heterocycles. The third kappa shape index (κ3) is 2.87. The second kappa shape index (κ2) is 6.05. The molecule has 0 aliphatic rings. The highest BCUT2D eigenvalue weighted by atomic mass is 16.5. The lowest BCUT2D eigenvalue weighted by Crippen LogP contribution is -2.10. The Balaban J connectivity index is 1.68. The first-order valence-electron chi connectivity index (χ1n) is 8.15. The lowest BCUT2D eigenvalue weighted by atomic mass is 10.1. The standard InChI is InChI=1S/C19H19N5O/c1-11-4-6-15-14(8-11)19(21-10-20-15)22-12(2)18-23-16-7-5-13(25-3)9-17(16)24-18/h4-10,12H,1-3H3,(H,23,24)(H,20,21,22)/t12-/m1/s1. The van der Waals surface area contributed by atoms with Crippen LogP contribution in [0.4, 0.5) is 5.82 Å². The van der Waals surface area contributed by atoms with Crippen LogP contribution in [0.5, 0.6) is 5.75 Å². The molecule has 6 heteroatoms. The molecule has 0 fully saturated rings. The predicted octanol–water partition coefficient (Wildman–Crippen LogP) is 4.00. The van der Waals surface area contributed by atoms with Crippen LogP contribution in [0, 0.1) is 6.92 Å². The van der Waals surface area contributed by atoms with Crippen LogP contribution in [0.3, 0.4) is 0 Å². The molecule has 0 radical (unpaired) electrons. The van der Waals surface area contributed by atoms with Gasteiger partial charge in [-0.25, -0.2) is 15.0 Å². The van der Waals surface area contributed by atoms with Crippen LogP contribution in [0.2, 0.25) is 0 Å². The molecule has 0 unspecified atom stereocenters. The van der Waals surface area contributed by atoms with Crippen molar-refractivity contribution in [3.63, 3.8) is 0 Å². The fourth-order valence-electron chi connectivity index (χ4n) is 2.90. The van der Waals surface area contributed by atoms with Gasteiger partial charge in [-0.2, -0.15) is 0 Å². The van der Waals surface area contributed by atoms with Gasteiger partial charge in [0.05, 0.1) is 29.7 Å². The summed E-state index contributed by atoms with van der Waals surface area (Å²) in [6.07, 6.45) is 1.58. The molecule has 0 aliphatic heterocycles. The van der Waals surface area contributed by atoms with Crippen LogP contribution < -0.4 is 10.1 Å². The minimum atomic E-state index is -0.0305. The van der Waals surface area contributed by atoms with Gasteiger partial charge in [-0.3, -0.25) is 0 Å². The first-order valence-corrected chi connectivity index (χ1v) is 8.15. The minimum absolute atomic E-state index is 0.0305. The number of nitrogens with zero attached hydrogens (tertiary/aromatic N) is 3. The third-order valence-corrected chi connectivity index (χ3v) is 4.26. The summed E-state index contributed by atoms with van der Waals surface area (Å²) >= 11 is 0. The van der Waals surface area contributed by atoms with E-state index < -0.39 is 0 Å². The maximum atomic E-state index is 5.27. The molecule has 0 spiro atoms. The Morgan fingerprint density at radius 1 is 1.08 bits per heavy atom. The van der Waals surface area contributed by atoms with Crippen molar-refractivity contribution in [2.75, 3.05) is 12.4 Å². The van der Waals surface area contributed by atoms with Crippen molar-refractivity contribution in [1.82, 2.24) is 19.9 Å². The zero-order valence-corrected chi connectivity index (χ0v) is 14.4. The highest BCUT2D eigenvalue weighted by Crippen LogP contribution is 2.26. The Morgan fingerprint density at radius 2 is 1.92 bits per heavy atom. The van der Waals surface area contributed by atoms with Crippen molar-refractivity contribution in [3.05, 3.63) is 54.1 Å². The molecule has 25 heavy (non-hydrogen) atoms. The van der Waals surface area contributed by atoms with Crippen LogP contribution in [0.1, 0.15) is 24.4 Å². The minimum Gasteiger partial charge on any atom is -0.497 e. The van der Waals surface area contributed by atoms with E-state index in [4.69, 9.17) is 4.74 Å². The molecule has 0 saturated heterocycles. The Bertz CT molecular complexity index is 1060. The molecule has 4 rings (SSSR count). The van der Waals surface area contributed by atoms with E-state index in [0.717, 1.165) is 39.3 Å². The maximum Gasteiger partial charge on any atom is 0.137 e. The van der Waals surface area contributed by atoms with Gasteiger partial charge < -0.3 is 15.0 Å². The molecular weight excluding hydrogens is 314 g/mol. The number of rotatable bonds is 4. The zero-order chi connectivity index (χ0) is 17.4. The van der Waals surface area contributed by atoms with Gasteiger partial charge in [0.1, 0.15) is 23.7 Å². The summed E-state index contributed by atoms with van der Waals surface area (Å²) < 4.78 is 5.27. The maximum absolute atomic E-state index is 5.27. The van der Waals surface area contributed by atoms with E-state index in [-0.39, 0.29) is 6.04 Å². The van der Waals surface area contributed by atoms with Crippen molar-refractivity contribution in [2.24, 2.45) is 0 Å². The number of aromatic amines is 1. The fourth-order valence-corrected chi connectivity index (χ4v) is 2.90. The van der Waals surface area contributed by atoms with Crippen LogP contribution in [-0.2, 0) is 0 Å². The summed E-state index contributed by atoms with van der Waals surface area (Å²) in [5, 5.41) is 4.45. The van der Waals surface area contributed by atoms with Gasteiger partial charge in [-0.05, 0) is 38.1 Å². The fraction of sp³-hybridized carbons (Fsp3) is 0.211. The van der Waals surface area contributed by atoms with Gasteiger partial charge in [0.2, 0.25) is 0 Å². The summed E-state index contributed by atoms with van der Waals surface area (Å²) in [4.78, 5) is 16.8. The van der Waals surface area contributed by atoms with E-state index in [0.29, 0.717) is 0 Å². The number of aryl methyl sites for hydroxylation is 1. The summed E-state index contributed by atoms with van der Waals surface area (Å²) in [6.45, 7) is 4.12. The van der Waals surface area contributed by atoms with Crippen LogP contribution in [0.15, 0.2) is 42.7 Å². The quantitative estimate of drug-likeness (QED) is 0.590. The number of ether oxygens (including phenoxy) is 1. The van der Waals surface area contributed by atoms with Gasteiger partial charge in [-0.1, -0.05) is 11.6 Å². The molecule has 0 saturated carbocycles. The number of nitrogens with one attached hydrogen (secondary N) is 2. The van der Waals surface area contributed by atoms with Gasteiger partial charge >= 0.3 is 0 Å². The van der Waals surface area contributed by atoms with E-state index in [9.17, 15) is 0 Å². The van der Waals surface area contributed by atoms with Crippen molar-refractivity contribution < 1.29 is 4.74 Å². The molecule has 0 aliphatic carbocycles. The second-order valence-corrected chi connectivity index (χ2v) is 6.11. The molecule has 2 heterocycles. The normalized spacial score (nSPS) is 12.4.